The van der Waals surface area contributed by atoms with Gasteiger partial charge in [0.15, 0.2) is 5.84 Å². The van der Waals surface area contributed by atoms with Crippen LogP contribution in [0, 0.1) is 12.7 Å². The van der Waals surface area contributed by atoms with Crippen molar-refractivity contribution in [3.05, 3.63) is 65.4 Å². The molecule has 0 aliphatic heterocycles. The Morgan fingerprint density at radius 3 is 2.81 bits per heavy atom. The SMILES string of the molecule is Cc1cc(F)c(C(=O)Nc2cccc(/C(=N/N)N(C)N)n2)cc1-c1cnn(C2CC2)c1. The van der Waals surface area contributed by atoms with E-state index in [-0.39, 0.29) is 17.2 Å². The smallest absolute Gasteiger partial charge is 0.259 e. The summed E-state index contributed by atoms with van der Waals surface area (Å²) >= 11 is 0. The molecule has 1 amide bonds. The molecule has 5 N–H and O–H groups in total. The largest absolute Gasteiger partial charge is 0.321 e. The molecule has 9 nitrogen and oxygen atoms in total. The molecule has 0 saturated heterocycles. The first-order chi connectivity index (χ1) is 14.9. The van der Waals surface area contributed by atoms with Crippen LogP contribution in [0.5, 0.6) is 0 Å². The fraction of sp³-hybridized carbons (Fsp3) is 0.238. The Morgan fingerprint density at radius 2 is 2.13 bits per heavy atom. The number of hydrazine groups is 1. The zero-order chi connectivity index (χ0) is 22.1. The highest BCUT2D eigenvalue weighted by molar-refractivity contribution is 6.05. The number of amides is 1. The highest BCUT2D eigenvalue weighted by atomic mass is 19.1. The van der Waals surface area contributed by atoms with Crippen molar-refractivity contribution < 1.29 is 9.18 Å². The molecule has 1 saturated carbocycles. The van der Waals surface area contributed by atoms with Gasteiger partial charge in [-0.05, 0) is 55.2 Å². The maximum Gasteiger partial charge on any atom is 0.259 e. The minimum absolute atomic E-state index is 0.0874. The van der Waals surface area contributed by atoms with E-state index in [2.05, 4.69) is 20.5 Å². The van der Waals surface area contributed by atoms with Crippen molar-refractivity contribution in [3.8, 4) is 11.1 Å². The molecule has 1 aromatic carbocycles. The van der Waals surface area contributed by atoms with Crippen LogP contribution in [0.2, 0.25) is 0 Å². The number of nitrogens with two attached hydrogens (primary N) is 2. The Balaban J connectivity index is 1.61. The Hall–Kier alpha value is -3.79. The second-order valence-corrected chi connectivity index (χ2v) is 7.51. The van der Waals surface area contributed by atoms with Crippen LogP contribution in [0.25, 0.3) is 11.1 Å². The van der Waals surface area contributed by atoms with Gasteiger partial charge in [-0.3, -0.25) is 14.5 Å². The number of hydrogen-bond acceptors (Lipinski definition) is 6. The molecule has 4 rings (SSSR count). The summed E-state index contributed by atoms with van der Waals surface area (Å²) in [6, 6.07) is 8.22. The van der Waals surface area contributed by atoms with E-state index >= 15 is 0 Å². The van der Waals surface area contributed by atoms with Crippen LogP contribution < -0.4 is 17.0 Å². The quantitative estimate of drug-likeness (QED) is 0.251. The number of halogens is 1. The lowest BCUT2D eigenvalue weighted by Gasteiger charge is -2.14. The van der Waals surface area contributed by atoms with Gasteiger partial charge in [0.2, 0.25) is 0 Å². The van der Waals surface area contributed by atoms with E-state index in [1.165, 1.54) is 11.1 Å². The van der Waals surface area contributed by atoms with Crippen LogP contribution in [0.3, 0.4) is 0 Å². The summed E-state index contributed by atoms with van der Waals surface area (Å²) < 4.78 is 16.6. The summed E-state index contributed by atoms with van der Waals surface area (Å²) in [5.41, 5.74) is 2.59. The summed E-state index contributed by atoms with van der Waals surface area (Å²) in [5, 5.41) is 11.8. The number of nitrogens with one attached hydrogen (secondary N) is 1. The van der Waals surface area contributed by atoms with Crippen molar-refractivity contribution in [2.24, 2.45) is 16.8 Å². The second kappa shape index (κ2) is 8.15. The molecule has 160 valence electrons. The van der Waals surface area contributed by atoms with Crippen LogP contribution in [0.15, 0.2) is 47.8 Å². The van der Waals surface area contributed by atoms with Crippen molar-refractivity contribution in [2.45, 2.75) is 25.8 Å². The summed E-state index contributed by atoms with van der Waals surface area (Å²) in [4.78, 5) is 17.1. The molecule has 2 aromatic heterocycles. The standard InChI is InChI=1S/C21H23FN8O/c1-12-8-17(22)16(9-15(12)13-10-25-30(11-13)14-6-7-14)21(31)27-19-5-3-4-18(26-19)20(28-23)29(2)24/h3-5,8-11,14H,6-7,23-24H2,1-2H3,(H,26,27,31)/b28-20-. The highest BCUT2D eigenvalue weighted by Gasteiger charge is 2.25. The van der Waals surface area contributed by atoms with E-state index < -0.39 is 11.7 Å². The number of rotatable bonds is 5. The second-order valence-electron chi connectivity index (χ2n) is 7.51. The van der Waals surface area contributed by atoms with Gasteiger partial charge in [-0.25, -0.2) is 15.2 Å². The molecule has 3 aromatic rings. The van der Waals surface area contributed by atoms with Crippen LogP contribution in [-0.2, 0) is 0 Å². The molecule has 0 radical (unpaired) electrons. The average molecular weight is 422 g/mol. The van der Waals surface area contributed by atoms with E-state index in [4.69, 9.17) is 11.7 Å². The van der Waals surface area contributed by atoms with Gasteiger partial charge in [0.25, 0.3) is 5.91 Å². The summed E-state index contributed by atoms with van der Waals surface area (Å²) in [6.07, 6.45) is 5.89. The van der Waals surface area contributed by atoms with Crippen LogP contribution in [0.1, 0.15) is 40.5 Å². The number of carbonyl (C=O) groups is 1. The van der Waals surface area contributed by atoms with Crippen molar-refractivity contribution in [1.29, 1.82) is 0 Å². The first kappa shape index (κ1) is 20.5. The van der Waals surface area contributed by atoms with Gasteiger partial charge in [-0.2, -0.15) is 10.2 Å². The van der Waals surface area contributed by atoms with Gasteiger partial charge in [0, 0.05) is 18.8 Å². The van der Waals surface area contributed by atoms with E-state index in [0.717, 1.165) is 29.5 Å². The Kier molecular flexibility index (Phi) is 5.38. The minimum Gasteiger partial charge on any atom is -0.321 e. The highest BCUT2D eigenvalue weighted by Crippen LogP contribution is 2.36. The fourth-order valence-corrected chi connectivity index (χ4v) is 3.32. The van der Waals surface area contributed by atoms with Gasteiger partial charge in [0.05, 0.1) is 17.8 Å². The van der Waals surface area contributed by atoms with Crippen LogP contribution >= 0.6 is 0 Å². The lowest BCUT2D eigenvalue weighted by atomic mass is 9.99. The Morgan fingerprint density at radius 1 is 1.35 bits per heavy atom. The third-order valence-electron chi connectivity index (χ3n) is 5.07. The molecule has 1 fully saturated rings. The molecule has 1 aliphatic rings. The molecule has 0 bridgehead atoms. The third-order valence-corrected chi connectivity index (χ3v) is 5.07. The van der Waals surface area contributed by atoms with Crippen LogP contribution in [0.4, 0.5) is 10.2 Å². The number of carbonyl (C=O) groups excluding carboxylic acids is 1. The minimum atomic E-state index is -0.620. The fourth-order valence-electron chi connectivity index (χ4n) is 3.32. The van der Waals surface area contributed by atoms with Gasteiger partial charge >= 0.3 is 0 Å². The van der Waals surface area contributed by atoms with Gasteiger partial charge in [-0.15, -0.1) is 0 Å². The number of hydrazone groups is 1. The zero-order valence-corrected chi connectivity index (χ0v) is 17.2. The molecule has 10 heteroatoms. The van der Waals surface area contributed by atoms with Crippen molar-refractivity contribution >= 4 is 17.6 Å². The number of hydrogen-bond donors (Lipinski definition) is 3. The summed E-state index contributed by atoms with van der Waals surface area (Å²) in [6.45, 7) is 1.80. The average Bonchev–Trinajstić information content (AvgIpc) is 3.46. The number of pyridine rings is 1. The molecular formula is C21H23FN8O. The van der Waals surface area contributed by atoms with Crippen molar-refractivity contribution in [1.82, 2.24) is 19.8 Å². The van der Waals surface area contributed by atoms with Gasteiger partial charge in [-0.1, -0.05) is 6.07 Å². The molecule has 0 spiro atoms. The molecule has 0 unspecified atom stereocenters. The maximum absolute atomic E-state index is 14.6. The van der Waals surface area contributed by atoms with Crippen molar-refractivity contribution in [2.75, 3.05) is 12.4 Å². The van der Waals surface area contributed by atoms with E-state index in [1.54, 1.807) is 44.4 Å². The van der Waals surface area contributed by atoms with E-state index in [9.17, 15) is 9.18 Å². The van der Waals surface area contributed by atoms with E-state index in [0.29, 0.717) is 11.7 Å². The lowest BCUT2D eigenvalue weighted by molar-refractivity contribution is 0.102. The monoisotopic (exact) mass is 422 g/mol. The molecule has 1 aliphatic carbocycles. The zero-order valence-electron chi connectivity index (χ0n) is 17.2. The number of nitrogens with zero attached hydrogens (tertiary/aromatic N) is 5. The first-order valence-electron chi connectivity index (χ1n) is 9.77. The molecule has 2 heterocycles. The number of anilines is 1. The number of amidine groups is 1. The normalized spacial score (nSPS) is 13.9. The molecular weight excluding hydrogens is 399 g/mol. The third kappa shape index (κ3) is 4.24. The molecule has 0 atom stereocenters. The maximum atomic E-state index is 14.6. The van der Waals surface area contributed by atoms with Gasteiger partial charge in [0.1, 0.15) is 17.3 Å². The lowest BCUT2D eigenvalue weighted by Crippen LogP contribution is -2.35. The Bertz CT molecular complexity index is 1170. The van der Waals surface area contributed by atoms with Gasteiger partial charge < -0.3 is 11.2 Å². The van der Waals surface area contributed by atoms with Crippen molar-refractivity contribution in [3.63, 3.8) is 0 Å². The number of aromatic nitrogens is 3. The number of aryl methyl sites for hydroxylation is 1. The summed E-state index contributed by atoms with van der Waals surface area (Å²) in [7, 11) is 1.56. The first-order valence-corrected chi connectivity index (χ1v) is 9.77. The summed E-state index contributed by atoms with van der Waals surface area (Å²) in [5.74, 6) is 10.3. The Labute approximate surface area is 178 Å². The van der Waals surface area contributed by atoms with Crippen LogP contribution in [-0.4, -0.2) is 38.6 Å². The predicted molar refractivity (Wildman–Crippen MR) is 115 cm³/mol. The van der Waals surface area contributed by atoms with E-state index in [1.807, 2.05) is 10.9 Å². The predicted octanol–water partition coefficient (Wildman–Crippen LogP) is 2.41. The topological polar surface area (TPSA) is 127 Å². The number of benzene rings is 1. The molecule has 31 heavy (non-hydrogen) atoms.